The van der Waals surface area contributed by atoms with Crippen molar-refractivity contribution in [2.75, 3.05) is 0 Å². The highest BCUT2D eigenvalue weighted by atomic mass is 16.4. The van der Waals surface area contributed by atoms with E-state index in [4.69, 9.17) is 5.11 Å². The minimum absolute atomic E-state index is 0.385. The zero-order valence-corrected chi connectivity index (χ0v) is 10.6. The van der Waals surface area contributed by atoms with Crippen molar-refractivity contribution in [3.63, 3.8) is 0 Å². The highest BCUT2D eigenvalue weighted by Crippen LogP contribution is 2.06. The number of aliphatic carboxylic acids is 1. The smallest absolute Gasteiger partial charge is 0.326 e. The van der Waals surface area contributed by atoms with Gasteiger partial charge in [-0.2, -0.15) is 0 Å². The maximum absolute atomic E-state index is 11.9. The topological polar surface area (TPSA) is 79.3 Å². The van der Waals surface area contributed by atoms with Crippen molar-refractivity contribution in [1.29, 1.82) is 0 Å². The molecular weight excluding hydrogens is 232 g/mol. The van der Waals surface area contributed by atoms with Gasteiger partial charge in [0.2, 0.25) is 0 Å². The average molecular weight is 250 g/mol. The second kappa shape index (κ2) is 6.74. The number of carbonyl (C=O) groups is 2. The largest absolute Gasteiger partial charge is 0.480 e. The van der Waals surface area contributed by atoms with E-state index in [1.165, 1.54) is 0 Å². The van der Waals surface area contributed by atoms with Gasteiger partial charge in [0, 0.05) is 11.9 Å². The first-order valence-electron chi connectivity index (χ1n) is 6.01. The van der Waals surface area contributed by atoms with Crippen LogP contribution in [0.5, 0.6) is 0 Å². The van der Waals surface area contributed by atoms with E-state index in [0.717, 1.165) is 12.8 Å². The van der Waals surface area contributed by atoms with E-state index >= 15 is 0 Å². The monoisotopic (exact) mass is 250 g/mol. The van der Waals surface area contributed by atoms with Gasteiger partial charge in [-0.25, -0.2) is 4.79 Å². The van der Waals surface area contributed by atoms with Crippen molar-refractivity contribution in [3.05, 3.63) is 29.6 Å². The lowest BCUT2D eigenvalue weighted by Crippen LogP contribution is -2.41. The molecule has 5 nitrogen and oxygen atoms in total. The summed E-state index contributed by atoms with van der Waals surface area (Å²) in [5.41, 5.74) is 1.01. The summed E-state index contributed by atoms with van der Waals surface area (Å²) in [6.07, 6.45) is 3.70. The van der Waals surface area contributed by atoms with Crippen molar-refractivity contribution >= 4 is 11.9 Å². The Balaban J connectivity index is 2.72. The lowest BCUT2D eigenvalue weighted by molar-refractivity contribution is -0.139. The van der Waals surface area contributed by atoms with Crippen molar-refractivity contribution < 1.29 is 14.7 Å². The molecule has 1 aromatic heterocycles. The third-order valence-electron chi connectivity index (χ3n) is 2.70. The quantitative estimate of drug-likeness (QED) is 0.806. The van der Waals surface area contributed by atoms with Crippen molar-refractivity contribution in [1.82, 2.24) is 10.3 Å². The Labute approximate surface area is 106 Å². The Kier molecular flexibility index (Phi) is 5.30. The Morgan fingerprint density at radius 1 is 1.50 bits per heavy atom. The molecule has 0 aliphatic carbocycles. The Bertz CT molecular complexity index is 432. The fourth-order valence-electron chi connectivity index (χ4n) is 1.63. The number of unbranched alkanes of at least 4 members (excludes halogenated alkanes) is 1. The molecule has 0 aromatic carbocycles. The van der Waals surface area contributed by atoms with Gasteiger partial charge in [0.15, 0.2) is 0 Å². The zero-order valence-electron chi connectivity index (χ0n) is 10.6. The predicted molar refractivity (Wildman–Crippen MR) is 67.4 cm³/mol. The van der Waals surface area contributed by atoms with Gasteiger partial charge in [-0.05, 0) is 25.5 Å². The molecular formula is C13H18N2O3. The number of amides is 1. The minimum atomic E-state index is -1.00. The van der Waals surface area contributed by atoms with E-state index in [0.29, 0.717) is 17.7 Å². The van der Waals surface area contributed by atoms with Crippen LogP contribution in [0, 0.1) is 6.92 Å². The maximum Gasteiger partial charge on any atom is 0.326 e. The van der Waals surface area contributed by atoms with Gasteiger partial charge in [0.25, 0.3) is 5.91 Å². The summed E-state index contributed by atoms with van der Waals surface area (Å²) in [5.74, 6) is -1.39. The molecule has 0 radical (unpaired) electrons. The SMILES string of the molecule is CCCC[C@H](NC(=O)c1cccnc1C)C(=O)O. The molecule has 0 saturated heterocycles. The third kappa shape index (κ3) is 3.84. The first-order chi connectivity index (χ1) is 8.56. The van der Waals surface area contributed by atoms with Crippen LogP contribution in [0.4, 0.5) is 0 Å². The number of carboxylic acid groups (broad SMARTS) is 1. The van der Waals surface area contributed by atoms with Crippen LogP contribution in [0.1, 0.15) is 42.2 Å². The van der Waals surface area contributed by atoms with Crippen molar-refractivity contribution in [3.8, 4) is 0 Å². The molecule has 0 spiro atoms. The molecule has 0 bridgehead atoms. The number of rotatable bonds is 6. The number of aryl methyl sites for hydroxylation is 1. The molecule has 0 aliphatic heterocycles. The van der Waals surface area contributed by atoms with Crippen molar-refractivity contribution in [2.45, 2.75) is 39.2 Å². The predicted octanol–water partition coefficient (Wildman–Crippen LogP) is 1.76. The molecule has 0 fully saturated rings. The first-order valence-corrected chi connectivity index (χ1v) is 6.01. The summed E-state index contributed by atoms with van der Waals surface area (Å²) >= 11 is 0. The lowest BCUT2D eigenvalue weighted by Gasteiger charge is -2.14. The Morgan fingerprint density at radius 3 is 2.78 bits per heavy atom. The first kappa shape index (κ1) is 14.2. The van der Waals surface area contributed by atoms with Crippen molar-refractivity contribution in [2.24, 2.45) is 0 Å². The van der Waals surface area contributed by atoms with E-state index in [2.05, 4.69) is 10.3 Å². The minimum Gasteiger partial charge on any atom is -0.480 e. The third-order valence-corrected chi connectivity index (χ3v) is 2.70. The molecule has 98 valence electrons. The summed E-state index contributed by atoms with van der Waals surface area (Å²) < 4.78 is 0. The molecule has 0 aliphatic rings. The van der Waals surface area contributed by atoms with E-state index < -0.39 is 12.0 Å². The molecule has 1 heterocycles. The number of nitrogens with one attached hydrogen (secondary N) is 1. The second-order valence-electron chi connectivity index (χ2n) is 4.14. The van der Waals surface area contributed by atoms with Gasteiger partial charge in [-0.1, -0.05) is 19.8 Å². The van der Waals surface area contributed by atoms with E-state index in [-0.39, 0.29) is 5.91 Å². The molecule has 1 aromatic rings. The zero-order chi connectivity index (χ0) is 13.5. The summed E-state index contributed by atoms with van der Waals surface area (Å²) in [4.78, 5) is 27.0. The maximum atomic E-state index is 11.9. The molecule has 5 heteroatoms. The van der Waals surface area contributed by atoms with Gasteiger partial charge >= 0.3 is 5.97 Å². The number of hydrogen-bond acceptors (Lipinski definition) is 3. The number of aromatic nitrogens is 1. The van der Waals surface area contributed by atoms with Crippen LogP contribution in [0.25, 0.3) is 0 Å². The van der Waals surface area contributed by atoms with Crippen LogP contribution < -0.4 is 5.32 Å². The van der Waals surface area contributed by atoms with Crippen LogP contribution in [0.15, 0.2) is 18.3 Å². The Hall–Kier alpha value is -1.91. The number of nitrogens with zero attached hydrogens (tertiary/aromatic N) is 1. The number of pyridine rings is 1. The number of carboxylic acids is 1. The normalized spacial score (nSPS) is 11.9. The number of carbonyl (C=O) groups excluding carboxylic acids is 1. The van der Waals surface area contributed by atoms with Gasteiger partial charge in [0.05, 0.1) is 5.56 Å². The summed E-state index contributed by atoms with van der Waals surface area (Å²) in [6, 6.07) is 2.46. The second-order valence-corrected chi connectivity index (χ2v) is 4.14. The van der Waals surface area contributed by atoms with Gasteiger partial charge < -0.3 is 10.4 Å². The molecule has 1 atom stereocenters. The molecule has 1 amide bonds. The molecule has 1 rings (SSSR count). The summed E-state index contributed by atoms with van der Waals surface area (Å²) in [6.45, 7) is 3.70. The van der Waals surface area contributed by atoms with Gasteiger partial charge in [-0.15, -0.1) is 0 Å². The highest BCUT2D eigenvalue weighted by Gasteiger charge is 2.20. The Morgan fingerprint density at radius 2 is 2.22 bits per heavy atom. The fourth-order valence-corrected chi connectivity index (χ4v) is 1.63. The van der Waals surface area contributed by atoms with Crippen LogP contribution in [-0.4, -0.2) is 28.0 Å². The highest BCUT2D eigenvalue weighted by molar-refractivity contribution is 5.97. The number of hydrogen-bond donors (Lipinski definition) is 2. The van der Waals surface area contributed by atoms with Crippen LogP contribution in [0.2, 0.25) is 0 Å². The van der Waals surface area contributed by atoms with E-state index in [1.807, 2.05) is 6.92 Å². The van der Waals surface area contributed by atoms with Crippen LogP contribution >= 0.6 is 0 Å². The summed E-state index contributed by atoms with van der Waals surface area (Å²) in [7, 11) is 0. The van der Waals surface area contributed by atoms with E-state index in [9.17, 15) is 9.59 Å². The molecule has 2 N–H and O–H groups in total. The van der Waals surface area contributed by atoms with Crippen LogP contribution in [0.3, 0.4) is 0 Å². The van der Waals surface area contributed by atoms with Crippen LogP contribution in [-0.2, 0) is 4.79 Å². The van der Waals surface area contributed by atoms with E-state index in [1.54, 1.807) is 25.3 Å². The fraction of sp³-hybridized carbons (Fsp3) is 0.462. The lowest BCUT2D eigenvalue weighted by atomic mass is 10.1. The standard InChI is InChI=1S/C13H18N2O3/c1-3-4-7-11(13(17)18)15-12(16)10-6-5-8-14-9(10)2/h5-6,8,11H,3-4,7H2,1-2H3,(H,15,16)(H,17,18)/t11-/m0/s1. The average Bonchev–Trinajstić information content (AvgIpc) is 2.34. The van der Waals surface area contributed by atoms with Gasteiger partial charge in [0.1, 0.15) is 6.04 Å². The van der Waals surface area contributed by atoms with Gasteiger partial charge in [-0.3, -0.25) is 9.78 Å². The molecule has 18 heavy (non-hydrogen) atoms. The molecule has 0 saturated carbocycles. The summed E-state index contributed by atoms with van der Waals surface area (Å²) in [5, 5.41) is 11.6. The molecule has 0 unspecified atom stereocenters.